The number of halogens is 4. The standard InChI is InChI=1S/C7H8F3N3OS.ClH/c8-7(9,10)3-12-6(14)4-2-15-5(1-11)13-4;/h2H,1,3,11H2,(H,12,14);1H. The van der Waals surface area contributed by atoms with Crippen LogP contribution in [0.5, 0.6) is 0 Å². The van der Waals surface area contributed by atoms with Crippen LogP contribution in [0.15, 0.2) is 5.38 Å². The van der Waals surface area contributed by atoms with Gasteiger partial charge in [0, 0.05) is 11.9 Å². The number of nitrogens with zero attached hydrogens (tertiary/aromatic N) is 1. The highest BCUT2D eigenvalue weighted by molar-refractivity contribution is 7.09. The average molecular weight is 276 g/mol. The van der Waals surface area contributed by atoms with E-state index in [2.05, 4.69) is 4.98 Å². The first kappa shape index (κ1) is 15.1. The van der Waals surface area contributed by atoms with E-state index in [-0.39, 0.29) is 24.6 Å². The summed E-state index contributed by atoms with van der Waals surface area (Å²) in [5, 5.41) is 3.59. The second-order valence-corrected chi connectivity index (χ2v) is 3.57. The van der Waals surface area contributed by atoms with Crippen LogP contribution in [0.25, 0.3) is 0 Å². The molecular formula is C7H9ClF3N3OS. The Hall–Kier alpha value is -0.860. The van der Waals surface area contributed by atoms with Crippen molar-refractivity contribution in [2.45, 2.75) is 12.7 Å². The molecule has 1 amide bonds. The first-order chi connectivity index (χ1) is 6.92. The van der Waals surface area contributed by atoms with Gasteiger partial charge in [0.25, 0.3) is 5.91 Å². The summed E-state index contributed by atoms with van der Waals surface area (Å²) in [6.45, 7) is -1.20. The third kappa shape index (κ3) is 4.77. The Morgan fingerprint density at radius 3 is 2.62 bits per heavy atom. The Morgan fingerprint density at radius 1 is 1.56 bits per heavy atom. The summed E-state index contributed by atoms with van der Waals surface area (Å²) in [6.07, 6.45) is -4.41. The largest absolute Gasteiger partial charge is 0.405 e. The highest BCUT2D eigenvalue weighted by Gasteiger charge is 2.28. The molecule has 0 saturated heterocycles. The van der Waals surface area contributed by atoms with Gasteiger partial charge in [0.05, 0.1) is 0 Å². The van der Waals surface area contributed by atoms with Gasteiger partial charge in [-0.15, -0.1) is 23.7 Å². The fourth-order valence-corrected chi connectivity index (χ4v) is 1.43. The number of alkyl halides is 3. The van der Waals surface area contributed by atoms with Crippen LogP contribution >= 0.6 is 23.7 Å². The van der Waals surface area contributed by atoms with Gasteiger partial charge in [0.15, 0.2) is 0 Å². The molecule has 1 rings (SSSR count). The van der Waals surface area contributed by atoms with Crippen LogP contribution in [-0.2, 0) is 6.54 Å². The minimum Gasteiger partial charge on any atom is -0.342 e. The molecule has 0 aromatic carbocycles. The molecule has 0 fully saturated rings. The smallest absolute Gasteiger partial charge is 0.342 e. The lowest BCUT2D eigenvalue weighted by molar-refractivity contribution is -0.123. The lowest BCUT2D eigenvalue weighted by Gasteiger charge is -2.06. The topological polar surface area (TPSA) is 68.0 Å². The summed E-state index contributed by atoms with van der Waals surface area (Å²) in [7, 11) is 0. The van der Waals surface area contributed by atoms with Crippen molar-refractivity contribution in [1.29, 1.82) is 0 Å². The van der Waals surface area contributed by atoms with Crippen molar-refractivity contribution in [3.05, 3.63) is 16.1 Å². The van der Waals surface area contributed by atoms with Crippen LogP contribution in [0.4, 0.5) is 13.2 Å². The number of aromatic nitrogens is 1. The number of amides is 1. The van der Waals surface area contributed by atoms with Gasteiger partial charge in [0.1, 0.15) is 17.2 Å². The summed E-state index contributed by atoms with van der Waals surface area (Å²) in [4.78, 5) is 14.9. The summed E-state index contributed by atoms with van der Waals surface area (Å²) in [5.41, 5.74) is 5.21. The third-order valence-electron chi connectivity index (χ3n) is 1.41. The van der Waals surface area contributed by atoms with E-state index in [0.717, 1.165) is 11.3 Å². The lowest BCUT2D eigenvalue weighted by Crippen LogP contribution is -2.33. The zero-order valence-electron chi connectivity index (χ0n) is 7.87. The summed E-state index contributed by atoms with van der Waals surface area (Å²) in [5.74, 6) is -0.844. The first-order valence-electron chi connectivity index (χ1n) is 3.92. The van der Waals surface area contributed by atoms with E-state index in [1.54, 1.807) is 5.32 Å². The second-order valence-electron chi connectivity index (χ2n) is 2.63. The molecule has 0 bridgehead atoms. The third-order valence-corrected chi connectivity index (χ3v) is 2.28. The van der Waals surface area contributed by atoms with Gasteiger partial charge < -0.3 is 11.1 Å². The van der Waals surface area contributed by atoms with Crippen molar-refractivity contribution >= 4 is 29.7 Å². The minimum atomic E-state index is -4.41. The van der Waals surface area contributed by atoms with Crippen molar-refractivity contribution < 1.29 is 18.0 Å². The molecule has 0 spiro atoms. The number of thiazole rings is 1. The fraction of sp³-hybridized carbons (Fsp3) is 0.429. The van der Waals surface area contributed by atoms with E-state index in [4.69, 9.17) is 5.73 Å². The predicted octanol–water partition coefficient (Wildman–Crippen LogP) is 1.32. The predicted molar refractivity (Wildman–Crippen MR) is 55.6 cm³/mol. The maximum Gasteiger partial charge on any atom is 0.405 e. The molecule has 0 aliphatic heterocycles. The maximum absolute atomic E-state index is 11.8. The quantitative estimate of drug-likeness (QED) is 0.874. The van der Waals surface area contributed by atoms with Gasteiger partial charge in [-0.05, 0) is 0 Å². The lowest BCUT2D eigenvalue weighted by atomic mass is 10.4. The van der Waals surface area contributed by atoms with E-state index >= 15 is 0 Å². The van der Waals surface area contributed by atoms with Crippen LogP contribution < -0.4 is 11.1 Å². The second kappa shape index (κ2) is 6.02. The molecule has 3 N–H and O–H groups in total. The van der Waals surface area contributed by atoms with E-state index < -0.39 is 18.6 Å². The summed E-state index contributed by atoms with van der Waals surface area (Å²) in [6, 6.07) is 0. The number of carbonyl (C=O) groups is 1. The van der Waals surface area contributed by atoms with Crippen LogP contribution in [0.3, 0.4) is 0 Å². The molecule has 4 nitrogen and oxygen atoms in total. The molecule has 0 unspecified atom stereocenters. The molecule has 1 aromatic rings. The zero-order chi connectivity index (χ0) is 11.5. The Kier molecular flexibility index (Phi) is 5.70. The molecule has 0 radical (unpaired) electrons. The summed E-state index contributed by atoms with van der Waals surface area (Å²) < 4.78 is 35.3. The van der Waals surface area contributed by atoms with E-state index in [1.807, 2.05) is 0 Å². The Balaban J connectivity index is 0.00000225. The molecular weight excluding hydrogens is 267 g/mol. The highest BCUT2D eigenvalue weighted by atomic mass is 35.5. The molecule has 92 valence electrons. The monoisotopic (exact) mass is 275 g/mol. The van der Waals surface area contributed by atoms with E-state index in [0.29, 0.717) is 5.01 Å². The van der Waals surface area contributed by atoms with Crippen LogP contribution in [-0.4, -0.2) is 23.6 Å². The van der Waals surface area contributed by atoms with Crippen molar-refractivity contribution in [1.82, 2.24) is 10.3 Å². The van der Waals surface area contributed by atoms with Gasteiger partial charge in [-0.2, -0.15) is 13.2 Å². The van der Waals surface area contributed by atoms with Gasteiger partial charge in [-0.1, -0.05) is 0 Å². The molecule has 0 atom stereocenters. The minimum absolute atomic E-state index is 0. The van der Waals surface area contributed by atoms with Crippen molar-refractivity contribution in [2.24, 2.45) is 5.73 Å². The van der Waals surface area contributed by atoms with Crippen molar-refractivity contribution in [3.8, 4) is 0 Å². The van der Waals surface area contributed by atoms with E-state index in [9.17, 15) is 18.0 Å². The van der Waals surface area contributed by atoms with Crippen LogP contribution in [0.2, 0.25) is 0 Å². The number of hydrogen-bond donors (Lipinski definition) is 2. The van der Waals surface area contributed by atoms with Crippen LogP contribution in [0.1, 0.15) is 15.5 Å². The number of nitrogens with one attached hydrogen (secondary N) is 1. The van der Waals surface area contributed by atoms with Gasteiger partial charge in [-0.3, -0.25) is 4.79 Å². The van der Waals surface area contributed by atoms with Gasteiger partial charge >= 0.3 is 6.18 Å². The molecule has 16 heavy (non-hydrogen) atoms. The number of nitrogens with two attached hydrogens (primary N) is 1. The molecule has 0 saturated carbocycles. The summed E-state index contributed by atoms with van der Waals surface area (Å²) >= 11 is 1.13. The Labute approximate surface area is 99.5 Å². The Morgan fingerprint density at radius 2 is 2.19 bits per heavy atom. The van der Waals surface area contributed by atoms with E-state index in [1.165, 1.54) is 5.38 Å². The van der Waals surface area contributed by atoms with Crippen molar-refractivity contribution in [3.63, 3.8) is 0 Å². The molecule has 0 aliphatic carbocycles. The zero-order valence-corrected chi connectivity index (χ0v) is 9.51. The molecule has 9 heteroatoms. The molecule has 0 aliphatic rings. The SMILES string of the molecule is Cl.NCc1nc(C(=O)NCC(F)(F)F)cs1. The van der Waals surface area contributed by atoms with Crippen molar-refractivity contribution in [2.75, 3.05) is 6.54 Å². The fourth-order valence-electron chi connectivity index (χ4n) is 0.780. The Bertz CT molecular complexity index is 355. The molecule has 1 heterocycles. The van der Waals surface area contributed by atoms with Gasteiger partial charge in [-0.25, -0.2) is 4.98 Å². The maximum atomic E-state index is 11.8. The van der Waals surface area contributed by atoms with Crippen LogP contribution in [0, 0.1) is 0 Å². The normalized spacial score (nSPS) is 10.8. The molecule has 1 aromatic heterocycles. The van der Waals surface area contributed by atoms with Gasteiger partial charge in [0.2, 0.25) is 0 Å². The highest BCUT2D eigenvalue weighted by Crippen LogP contribution is 2.13. The number of hydrogen-bond acceptors (Lipinski definition) is 4. The first-order valence-corrected chi connectivity index (χ1v) is 4.80. The average Bonchev–Trinajstić information content (AvgIpc) is 2.61. The number of carbonyl (C=O) groups excluding carboxylic acids is 1. The number of rotatable bonds is 3.